The van der Waals surface area contributed by atoms with Gasteiger partial charge in [0.15, 0.2) is 0 Å². The van der Waals surface area contributed by atoms with Crippen LogP contribution >= 0.6 is 0 Å². The quantitative estimate of drug-likeness (QED) is 0.675. The SMILES string of the molecule is CCNC(=O)CCOC1CCCC1N. The number of nitrogens with one attached hydrogen (secondary N) is 1. The number of rotatable bonds is 5. The van der Waals surface area contributed by atoms with Crippen LogP contribution < -0.4 is 11.1 Å². The molecule has 4 heteroatoms. The van der Waals surface area contributed by atoms with E-state index in [1.165, 1.54) is 0 Å². The fourth-order valence-electron chi connectivity index (χ4n) is 1.75. The third-order valence-corrected chi connectivity index (χ3v) is 2.54. The van der Waals surface area contributed by atoms with Gasteiger partial charge in [0, 0.05) is 19.0 Å². The fourth-order valence-corrected chi connectivity index (χ4v) is 1.75. The molecule has 0 aliphatic heterocycles. The molecule has 2 unspecified atom stereocenters. The highest BCUT2D eigenvalue weighted by molar-refractivity contribution is 5.75. The molecule has 3 N–H and O–H groups in total. The first-order chi connectivity index (χ1) is 6.74. The third kappa shape index (κ3) is 3.64. The Kier molecular flexibility index (Phi) is 4.90. The average molecular weight is 200 g/mol. The Labute approximate surface area is 85.2 Å². The minimum atomic E-state index is 0.0547. The molecule has 0 aromatic carbocycles. The highest BCUT2D eigenvalue weighted by atomic mass is 16.5. The van der Waals surface area contributed by atoms with Crippen LogP contribution in [0, 0.1) is 0 Å². The highest BCUT2D eigenvalue weighted by Crippen LogP contribution is 2.20. The maximum absolute atomic E-state index is 11.1. The van der Waals surface area contributed by atoms with Gasteiger partial charge in [-0.2, -0.15) is 0 Å². The molecule has 0 bridgehead atoms. The van der Waals surface area contributed by atoms with Crippen LogP contribution in [-0.2, 0) is 9.53 Å². The topological polar surface area (TPSA) is 64.3 Å². The van der Waals surface area contributed by atoms with Gasteiger partial charge in [-0.05, 0) is 26.2 Å². The van der Waals surface area contributed by atoms with Crippen molar-refractivity contribution >= 4 is 5.91 Å². The van der Waals surface area contributed by atoms with E-state index in [0.29, 0.717) is 19.6 Å². The number of hydrogen-bond acceptors (Lipinski definition) is 3. The van der Waals surface area contributed by atoms with Gasteiger partial charge in [0.1, 0.15) is 0 Å². The Morgan fingerprint density at radius 2 is 2.36 bits per heavy atom. The molecular formula is C10H20N2O2. The molecule has 1 saturated carbocycles. The minimum Gasteiger partial charge on any atom is -0.376 e. The van der Waals surface area contributed by atoms with Gasteiger partial charge in [-0.3, -0.25) is 4.79 Å². The molecule has 1 fully saturated rings. The highest BCUT2D eigenvalue weighted by Gasteiger charge is 2.24. The summed E-state index contributed by atoms with van der Waals surface area (Å²) in [4.78, 5) is 11.1. The minimum absolute atomic E-state index is 0.0547. The van der Waals surface area contributed by atoms with Crippen molar-refractivity contribution in [2.24, 2.45) is 5.73 Å². The molecule has 0 saturated heterocycles. The Balaban J connectivity index is 2.06. The van der Waals surface area contributed by atoms with Crippen LogP contribution in [0.3, 0.4) is 0 Å². The molecule has 14 heavy (non-hydrogen) atoms. The second kappa shape index (κ2) is 5.98. The van der Waals surface area contributed by atoms with E-state index in [-0.39, 0.29) is 18.1 Å². The summed E-state index contributed by atoms with van der Waals surface area (Å²) in [5, 5.41) is 2.73. The zero-order valence-electron chi connectivity index (χ0n) is 8.79. The summed E-state index contributed by atoms with van der Waals surface area (Å²) in [6.07, 6.45) is 3.84. The number of ether oxygens (including phenoxy) is 1. The summed E-state index contributed by atoms with van der Waals surface area (Å²) >= 11 is 0. The molecule has 1 aliphatic rings. The first kappa shape index (κ1) is 11.5. The zero-order valence-corrected chi connectivity index (χ0v) is 8.79. The van der Waals surface area contributed by atoms with E-state index in [0.717, 1.165) is 19.3 Å². The second-order valence-corrected chi connectivity index (χ2v) is 3.71. The van der Waals surface area contributed by atoms with Crippen molar-refractivity contribution in [2.75, 3.05) is 13.2 Å². The van der Waals surface area contributed by atoms with Crippen LogP contribution in [-0.4, -0.2) is 31.2 Å². The van der Waals surface area contributed by atoms with Gasteiger partial charge < -0.3 is 15.8 Å². The van der Waals surface area contributed by atoms with Gasteiger partial charge in [0.05, 0.1) is 12.7 Å². The predicted molar refractivity (Wildman–Crippen MR) is 54.9 cm³/mol. The van der Waals surface area contributed by atoms with Crippen LogP contribution in [0.15, 0.2) is 0 Å². The molecule has 2 atom stereocenters. The van der Waals surface area contributed by atoms with Gasteiger partial charge in [-0.1, -0.05) is 0 Å². The Hall–Kier alpha value is -0.610. The summed E-state index contributed by atoms with van der Waals surface area (Å²) in [5.74, 6) is 0.0547. The Bertz CT molecular complexity index is 185. The standard InChI is InChI=1S/C10H20N2O2/c1-2-12-10(13)6-7-14-9-5-3-4-8(9)11/h8-9H,2-7,11H2,1H3,(H,12,13). The smallest absolute Gasteiger partial charge is 0.222 e. The van der Waals surface area contributed by atoms with E-state index in [1.807, 2.05) is 6.92 Å². The molecule has 1 amide bonds. The molecule has 0 spiro atoms. The monoisotopic (exact) mass is 200 g/mol. The normalized spacial score (nSPS) is 26.4. The number of nitrogens with two attached hydrogens (primary N) is 1. The van der Waals surface area contributed by atoms with E-state index in [1.54, 1.807) is 0 Å². The van der Waals surface area contributed by atoms with Crippen LogP contribution in [0.5, 0.6) is 0 Å². The van der Waals surface area contributed by atoms with Crippen molar-refractivity contribution in [1.29, 1.82) is 0 Å². The van der Waals surface area contributed by atoms with Crippen LogP contribution in [0.1, 0.15) is 32.6 Å². The predicted octanol–water partition coefficient (Wildman–Crippen LogP) is 0.409. The first-order valence-corrected chi connectivity index (χ1v) is 5.38. The molecule has 1 aliphatic carbocycles. The van der Waals surface area contributed by atoms with Crippen molar-refractivity contribution in [3.63, 3.8) is 0 Å². The number of carbonyl (C=O) groups excluding carboxylic acids is 1. The van der Waals surface area contributed by atoms with Gasteiger partial charge in [-0.15, -0.1) is 0 Å². The van der Waals surface area contributed by atoms with E-state index < -0.39 is 0 Å². The van der Waals surface area contributed by atoms with E-state index in [4.69, 9.17) is 10.5 Å². The lowest BCUT2D eigenvalue weighted by molar-refractivity contribution is -0.122. The lowest BCUT2D eigenvalue weighted by atomic mass is 10.2. The van der Waals surface area contributed by atoms with E-state index in [2.05, 4.69) is 5.32 Å². The fraction of sp³-hybridized carbons (Fsp3) is 0.900. The lowest BCUT2D eigenvalue weighted by Gasteiger charge is -2.15. The van der Waals surface area contributed by atoms with E-state index >= 15 is 0 Å². The molecule has 0 aromatic rings. The molecular weight excluding hydrogens is 180 g/mol. The van der Waals surface area contributed by atoms with Gasteiger partial charge in [0.2, 0.25) is 5.91 Å². The van der Waals surface area contributed by atoms with Crippen molar-refractivity contribution < 1.29 is 9.53 Å². The number of amides is 1. The molecule has 82 valence electrons. The lowest BCUT2D eigenvalue weighted by Crippen LogP contribution is -2.32. The van der Waals surface area contributed by atoms with Crippen LogP contribution in [0.25, 0.3) is 0 Å². The van der Waals surface area contributed by atoms with Crippen molar-refractivity contribution in [1.82, 2.24) is 5.32 Å². The Morgan fingerprint density at radius 3 is 2.93 bits per heavy atom. The summed E-state index contributed by atoms with van der Waals surface area (Å²) in [5.41, 5.74) is 5.83. The summed E-state index contributed by atoms with van der Waals surface area (Å²) < 4.78 is 5.55. The largest absolute Gasteiger partial charge is 0.376 e. The average Bonchev–Trinajstić information content (AvgIpc) is 2.52. The van der Waals surface area contributed by atoms with Crippen molar-refractivity contribution in [3.05, 3.63) is 0 Å². The molecule has 0 radical (unpaired) electrons. The molecule has 0 heterocycles. The van der Waals surface area contributed by atoms with Gasteiger partial charge >= 0.3 is 0 Å². The second-order valence-electron chi connectivity index (χ2n) is 3.71. The van der Waals surface area contributed by atoms with Crippen molar-refractivity contribution in [2.45, 2.75) is 44.8 Å². The molecule has 0 aromatic heterocycles. The zero-order chi connectivity index (χ0) is 10.4. The van der Waals surface area contributed by atoms with Gasteiger partial charge in [0.25, 0.3) is 0 Å². The Morgan fingerprint density at radius 1 is 1.57 bits per heavy atom. The summed E-state index contributed by atoms with van der Waals surface area (Å²) in [7, 11) is 0. The first-order valence-electron chi connectivity index (χ1n) is 5.38. The number of hydrogen-bond donors (Lipinski definition) is 2. The third-order valence-electron chi connectivity index (χ3n) is 2.54. The van der Waals surface area contributed by atoms with Crippen LogP contribution in [0.4, 0.5) is 0 Å². The maximum Gasteiger partial charge on any atom is 0.222 e. The summed E-state index contributed by atoms with van der Waals surface area (Å²) in [6.45, 7) is 3.08. The van der Waals surface area contributed by atoms with Gasteiger partial charge in [-0.25, -0.2) is 0 Å². The molecule has 1 rings (SSSR count). The summed E-state index contributed by atoms with van der Waals surface area (Å²) in [6, 6.07) is 0.171. The van der Waals surface area contributed by atoms with Crippen molar-refractivity contribution in [3.8, 4) is 0 Å². The number of carbonyl (C=O) groups is 1. The maximum atomic E-state index is 11.1. The van der Waals surface area contributed by atoms with Crippen LogP contribution in [0.2, 0.25) is 0 Å². The molecule has 4 nitrogen and oxygen atoms in total. The van der Waals surface area contributed by atoms with E-state index in [9.17, 15) is 4.79 Å².